The van der Waals surface area contributed by atoms with Crippen LogP contribution in [0.5, 0.6) is 5.75 Å². The molecule has 1 aromatic carbocycles. The van der Waals surface area contributed by atoms with Gasteiger partial charge in [0.15, 0.2) is 0 Å². The Labute approximate surface area is 119 Å². The Morgan fingerprint density at radius 3 is 2.47 bits per heavy atom. The number of carboxylic acids is 1. The highest BCUT2D eigenvalue weighted by molar-refractivity contribution is 9.10. The fourth-order valence-electron chi connectivity index (χ4n) is 1.84. The number of hydrogen-bond acceptors (Lipinski definition) is 3. The second-order valence-corrected chi connectivity index (χ2v) is 5.14. The normalized spacial score (nSPS) is 10.5. The Morgan fingerprint density at radius 2 is 1.95 bits per heavy atom. The fraction of sp³-hybridized carbons (Fsp3) is 0.214. The summed E-state index contributed by atoms with van der Waals surface area (Å²) in [6, 6.07) is 6.95. The van der Waals surface area contributed by atoms with Crippen molar-refractivity contribution in [3.05, 3.63) is 51.4 Å². The second kappa shape index (κ2) is 5.48. The molecule has 0 atom stereocenters. The second-order valence-electron chi connectivity index (χ2n) is 4.23. The van der Waals surface area contributed by atoms with Crippen molar-refractivity contribution in [2.75, 3.05) is 0 Å². The number of carboxylic acid groups (broad SMARTS) is 1. The van der Waals surface area contributed by atoms with Crippen LogP contribution in [0.4, 0.5) is 0 Å². The topological polar surface area (TPSA) is 59.7 Å². The van der Waals surface area contributed by atoms with Crippen molar-refractivity contribution in [1.29, 1.82) is 0 Å². The summed E-state index contributed by atoms with van der Waals surface area (Å²) in [5, 5.41) is 8.76. The zero-order valence-corrected chi connectivity index (χ0v) is 12.2. The third-order valence-corrected chi connectivity index (χ3v) is 3.11. The summed E-state index contributed by atoms with van der Waals surface area (Å²) in [5.74, 6) is 0.112. The van der Waals surface area contributed by atoms with Crippen molar-refractivity contribution in [3.8, 4) is 5.75 Å². The van der Waals surface area contributed by atoms with Gasteiger partial charge >= 0.3 is 5.97 Å². The van der Waals surface area contributed by atoms with E-state index in [2.05, 4.69) is 15.9 Å². The van der Waals surface area contributed by atoms with Crippen molar-refractivity contribution in [2.45, 2.75) is 20.5 Å². The SMILES string of the molecule is Cc1cc(Br)cc(C)c1OCc1ccc(C(=O)O)o1. The van der Waals surface area contributed by atoms with Crippen molar-refractivity contribution in [1.82, 2.24) is 0 Å². The molecule has 0 unspecified atom stereocenters. The van der Waals surface area contributed by atoms with Crippen LogP contribution in [0.3, 0.4) is 0 Å². The first kappa shape index (κ1) is 13.7. The predicted molar refractivity (Wildman–Crippen MR) is 73.6 cm³/mol. The molecule has 1 N–H and O–H groups in total. The van der Waals surface area contributed by atoms with Gasteiger partial charge in [0.2, 0.25) is 5.76 Å². The summed E-state index contributed by atoms with van der Waals surface area (Å²) in [5.41, 5.74) is 2.02. The van der Waals surface area contributed by atoms with Gasteiger partial charge in [-0.1, -0.05) is 15.9 Å². The molecule has 0 saturated heterocycles. The zero-order chi connectivity index (χ0) is 14.0. The molecule has 0 fully saturated rings. The van der Waals surface area contributed by atoms with Crippen LogP contribution in [0.15, 0.2) is 33.2 Å². The number of ether oxygens (including phenoxy) is 1. The van der Waals surface area contributed by atoms with Gasteiger partial charge in [-0.25, -0.2) is 4.79 Å². The summed E-state index contributed by atoms with van der Waals surface area (Å²) in [6.07, 6.45) is 0. The van der Waals surface area contributed by atoms with E-state index in [-0.39, 0.29) is 12.4 Å². The molecule has 0 bridgehead atoms. The van der Waals surface area contributed by atoms with Crippen LogP contribution in [-0.2, 0) is 6.61 Å². The summed E-state index contributed by atoms with van der Waals surface area (Å²) < 4.78 is 11.8. The highest BCUT2D eigenvalue weighted by Gasteiger charge is 2.11. The van der Waals surface area contributed by atoms with E-state index in [4.69, 9.17) is 14.3 Å². The van der Waals surface area contributed by atoms with Crippen LogP contribution in [0.1, 0.15) is 27.4 Å². The average molecular weight is 325 g/mol. The molecule has 1 aromatic heterocycles. The number of furan rings is 1. The van der Waals surface area contributed by atoms with Gasteiger partial charge in [0.1, 0.15) is 18.1 Å². The maximum atomic E-state index is 10.7. The van der Waals surface area contributed by atoms with Crippen molar-refractivity contribution >= 4 is 21.9 Å². The smallest absolute Gasteiger partial charge is 0.371 e. The lowest BCUT2D eigenvalue weighted by atomic mass is 10.1. The van der Waals surface area contributed by atoms with Gasteiger partial charge in [-0.05, 0) is 49.2 Å². The Hall–Kier alpha value is -1.75. The highest BCUT2D eigenvalue weighted by Crippen LogP contribution is 2.28. The number of carbonyl (C=O) groups is 1. The van der Waals surface area contributed by atoms with Crippen LogP contribution in [-0.4, -0.2) is 11.1 Å². The van der Waals surface area contributed by atoms with Gasteiger partial charge < -0.3 is 14.3 Å². The molecule has 4 nitrogen and oxygen atoms in total. The zero-order valence-electron chi connectivity index (χ0n) is 10.6. The third kappa shape index (κ3) is 3.17. The first-order valence-electron chi connectivity index (χ1n) is 5.69. The van der Waals surface area contributed by atoms with Crippen molar-refractivity contribution in [2.24, 2.45) is 0 Å². The Kier molecular flexibility index (Phi) is 3.95. The maximum absolute atomic E-state index is 10.7. The molecule has 19 heavy (non-hydrogen) atoms. The van der Waals surface area contributed by atoms with E-state index in [1.807, 2.05) is 26.0 Å². The maximum Gasteiger partial charge on any atom is 0.371 e. The number of aryl methyl sites for hydroxylation is 2. The number of hydrogen-bond donors (Lipinski definition) is 1. The number of benzene rings is 1. The van der Waals surface area contributed by atoms with E-state index in [1.54, 1.807) is 6.07 Å². The van der Waals surface area contributed by atoms with Gasteiger partial charge in [0.25, 0.3) is 0 Å². The standard InChI is InChI=1S/C14H13BrO4/c1-8-5-10(15)6-9(2)13(8)18-7-11-3-4-12(19-11)14(16)17/h3-6H,7H2,1-2H3,(H,16,17). The van der Waals surface area contributed by atoms with Crippen LogP contribution < -0.4 is 4.74 Å². The first-order chi connectivity index (χ1) is 8.97. The fourth-order valence-corrected chi connectivity index (χ4v) is 2.53. The van der Waals surface area contributed by atoms with E-state index < -0.39 is 5.97 Å². The first-order valence-corrected chi connectivity index (χ1v) is 6.48. The lowest BCUT2D eigenvalue weighted by Crippen LogP contribution is -1.98. The van der Waals surface area contributed by atoms with Crippen LogP contribution in [0.25, 0.3) is 0 Å². The lowest BCUT2D eigenvalue weighted by molar-refractivity contribution is 0.0658. The molecule has 2 aromatic rings. The molecule has 0 aliphatic rings. The van der Waals surface area contributed by atoms with Gasteiger partial charge in [-0.15, -0.1) is 0 Å². The minimum absolute atomic E-state index is 0.0807. The van der Waals surface area contributed by atoms with Crippen LogP contribution >= 0.6 is 15.9 Å². The van der Waals surface area contributed by atoms with Gasteiger partial charge in [0.05, 0.1) is 0 Å². The van der Waals surface area contributed by atoms with E-state index in [1.165, 1.54) is 6.07 Å². The summed E-state index contributed by atoms with van der Waals surface area (Å²) in [4.78, 5) is 10.7. The predicted octanol–water partition coefficient (Wildman–Crippen LogP) is 3.94. The molecule has 0 aliphatic carbocycles. The van der Waals surface area contributed by atoms with E-state index in [9.17, 15) is 4.79 Å². The third-order valence-electron chi connectivity index (χ3n) is 2.66. The molecule has 5 heteroatoms. The number of aromatic carboxylic acids is 1. The van der Waals surface area contributed by atoms with Crippen LogP contribution in [0.2, 0.25) is 0 Å². The molecule has 100 valence electrons. The summed E-state index contributed by atoms with van der Waals surface area (Å²) in [6.45, 7) is 4.12. The summed E-state index contributed by atoms with van der Waals surface area (Å²) >= 11 is 3.42. The van der Waals surface area contributed by atoms with Gasteiger partial charge in [-0.2, -0.15) is 0 Å². The molecule has 0 aliphatic heterocycles. The average Bonchev–Trinajstić information content (AvgIpc) is 2.76. The Balaban J connectivity index is 2.12. The molecular formula is C14H13BrO4. The highest BCUT2D eigenvalue weighted by atomic mass is 79.9. The number of rotatable bonds is 4. The van der Waals surface area contributed by atoms with Gasteiger partial charge in [-0.3, -0.25) is 0 Å². The van der Waals surface area contributed by atoms with Crippen molar-refractivity contribution < 1.29 is 19.1 Å². The molecular weight excluding hydrogens is 312 g/mol. The quantitative estimate of drug-likeness (QED) is 0.925. The monoisotopic (exact) mass is 324 g/mol. The molecule has 0 spiro atoms. The minimum Gasteiger partial charge on any atom is -0.485 e. The molecule has 0 amide bonds. The Bertz CT molecular complexity index is 593. The Morgan fingerprint density at radius 1 is 1.32 bits per heavy atom. The molecule has 1 heterocycles. The van der Waals surface area contributed by atoms with E-state index in [0.29, 0.717) is 5.76 Å². The van der Waals surface area contributed by atoms with Gasteiger partial charge in [0, 0.05) is 4.47 Å². The lowest BCUT2D eigenvalue weighted by Gasteiger charge is -2.11. The molecule has 0 radical (unpaired) electrons. The largest absolute Gasteiger partial charge is 0.485 e. The summed E-state index contributed by atoms with van der Waals surface area (Å²) in [7, 11) is 0. The van der Waals surface area contributed by atoms with Crippen molar-refractivity contribution in [3.63, 3.8) is 0 Å². The molecule has 0 saturated carbocycles. The molecule has 2 rings (SSSR count). The minimum atomic E-state index is -1.08. The number of halogens is 1. The van der Waals surface area contributed by atoms with Crippen LogP contribution in [0, 0.1) is 13.8 Å². The van der Waals surface area contributed by atoms with E-state index in [0.717, 1.165) is 21.3 Å². The van der Waals surface area contributed by atoms with E-state index >= 15 is 0 Å².